The summed E-state index contributed by atoms with van der Waals surface area (Å²) in [4.78, 5) is 15.5. The predicted molar refractivity (Wildman–Crippen MR) is 134 cm³/mol. The number of rotatable bonds is 15. The number of carboxylic acid groups (broad SMARTS) is 1. The molecule has 2 aromatic rings. The van der Waals surface area contributed by atoms with E-state index in [-0.39, 0.29) is 6.04 Å². The Morgan fingerprint density at radius 1 is 1.00 bits per heavy atom. The van der Waals surface area contributed by atoms with E-state index in [9.17, 15) is 4.79 Å². The van der Waals surface area contributed by atoms with E-state index in [1.165, 1.54) is 38.5 Å². The lowest BCUT2D eigenvalue weighted by Crippen LogP contribution is -2.14. The van der Waals surface area contributed by atoms with E-state index in [0.717, 1.165) is 60.7 Å². The molecule has 0 spiro atoms. The molecule has 1 aromatic carbocycles. The molecule has 0 saturated heterocycles. The quantitative estimate of drug-likeness (QED) is 0.213. The first-order valence-electron chi connectivity index (χ1n) is 11.6. The van der Waals surface area contributed by atoms with E-state index in [1.54, 1.807) is 18.3 Å². The molecular formula is C26H36ClN3O2. The smallest absolute Gasteiger partial charge is 0.328 e. The van der Waals surface area contributed by atoms with Gasteiger partial charge in [0.15, 0.2) is 0 Å². The van der Waals surface area contributed by atoms with Gasteiger partial charge >= 0.3 is 5.97 Å². The van der Waals surface area contributed by atoms with Gasteiger partial charge in [0.25, 0.3) is 0 Å². The molecule has 5 N–H and O–H groups in total. The maximum atomic E-state index is 11.1. The maximum Gasteiger partial charge on any atom is 0.328 e. The summed E-state index contributed by atoms with van der Waals surface area (Å²) in [5, 5.41) is 9.65. The zero-order chi connectivity index (χ0) is 23.2. The minimum Gasteiger partial charge on any atom is -0.478 e. The van der Waals surface area contributed by atoms with Crippen molar-refractivity contribution in [1.29, 1.82) is 0 Å². The van der Waals surface area contributed by atoms with Crippen molar-refractivity contribution >= 4 is 23.6 Å². The minimum atomic E-state index is -0.998. The van der Waals surface area contributed by atoms with Gasteiger partial charge in [-0.1, -0.05) is 75.1 Å². The first kappa shape index (κ1) is 26.0. The Hall–Kier alpha value is -2.21. The molecule has 0 aliphatic carbocycles. The minimum absolute atomic E-state index is 0.254. The summed E-state index contributed by atoms with van der Waals surface area (Å²) in [6.45, 7) is 0.794. The van der Waals surface area contributed by atoms with Gasteiger partial charge in [0.05, 0.1) is 10.7 Å². The lowest BCUT2D eigenvalue weighted by Gasteiger charge is -2.20. The van der Waals surface area contributed by atoms with Gasteiger partial charge in [0.1, 0.15) is 0 Å². The fourth-order valence-corrected chi connectivity index (χ4v) is 4.24. The zero-order valence-corrected chi connectivity index (χ0v) is 19.6. The monoisotopic (exact) mass is 457 g/mol. The van der Waals surface area contributed by atoms with Crippen LogP contribution in [0.3, 0.4) is 0 Å². The third-order valence-corrected chi connectivity index (χ3v) is 5.96. The Morgan fingerprint density at radius 3 is 2.25 bits per heavy atom. The summed E-state index contributed by atoms with van der Waals surface area (Å²) >= 11 is 6.56. The number of nitrogens with zero attached hydrogens (tertiary/aromatic N) is 1. The van der Waals surface area contributed by atoms with E-state index in [0.29, 0.717) is 5.02 Å². The van der Waals surface area contributed by atoms with E-state index < -0.39 is 5.97 Å². The second-order valence-electron chi connectivity index (χ2n) is 8.18. The number of benzene rings is 1. The molecule has 32 heavy (non-hydrogen) atoms. The van der Waals surface area contributed by atoms with Crippen LogP contribution in [0.2, 0.25) is 5.02 Å². The van der Waals surface area contributed by atoms with Crippen LogP contribution in [-0.4, -0.2) is 22.6 Å². The molecule has 0 radical (unpaired) electrons. The van der Waals surface area contributed by atoms with Gasteiger partial charge in [0, 0.05) is 23.9 Å². The van der Waals surface area contributed by atoms with Crippen molar-refractivity contribution in [2.24, 2.45) is 11.5 Å². The number of aliphatic carboxylic acids is 1. The molecule has 0 saturated carbocycles. The van der Waals surface area contributed by atoms with Gasteiger partial charge in [0.2, 0.25) is 0 Å². The second kappa shape index (κ2) is 14.8. The summed E-state index contributed by atoms with van der Waals surface area (Å²) in [6, 6.07) is 9.00. The van der Waals surface area contributed by atoms with E-state index in [1.807, 2.05) is 24.3 Å². The Kier molecular flexibility index (Phi) is 12.0. The van der Waals surface area contributed by atoms with E-state index in [2.05, 4.69) is 4.98 Å². The molecule has 1 aromatic heterocycles. The summed E-state index contributed by atoms with van der Waals surface area (Å²) in [7, 11) is 0. The Labute approximate surface area is 196 Å². The van der Waals surface area contributed by atoms with Crippen molar-refractivity contribution in [2.45, 2.75) is 70.3 Å². The second-order valence-corrected chi connectivity index (χ2v) is 8.58. The number of unbranched alkanes of at least 4 members (excludes halogenated alkanes) is 8. The number of aromatic nitrogens is 1. The van der Waals surface area contributed by atoms with Crippen LogP contribution >= 0.6 is 11.6 Å². The molecule has 1 heterocycles. The molecule has 1 unspecified atom stereocenters. The number of hydrogen-bond acceptors (Lipinski definition) is 4. The van der Waals surface area contributed by atoms with E-state index >= 15 is 0 Å². The van der Waals surface area contributed by atoms with Gasteiger partial charge in [-0.3, -0.25) is 4.98 Å². The normalized spacial score (nSPS) is 12.3. The van der Waals surface area contributed by atoms with Crippen LogP contribution in [0.4, 0.5) is 0 Å². The lowest BCUT2D eigenvalue weighted by atomic mass is 9.89. The van der Waals surface area contributed by atoms with Gasteiger partial charge in [-0.25, -0.2) is 4.79 Å². The Morgan fingerprint density at radius 2 is 1.66 bits per heavy atom. The van der Waals surface area contributed by atoms with E-state index in [4.69, 9.17) is 28.2 Å². The largest absolute Gasteiger partial charge is 0.478 e. The summed E-state index contributed by atoms with van der Waals surface area (Å²) in [6.07, 6.45) is 16.1. The highest BCUT2D eigenvalue weighted by atomic mass is 35.5. The van der Waals surface area contributed by atoms with Crippen LogP contribution in [0.5, 0.6) is 0 Å². The number of carbonyl (C=O) groups is 1. The number of nitrogens with two attached hydrogens (primary N) is 2. The third-order valence-electron chi connectivity index (χ3n) is 5.64. The first-order valence-corrected chi connectivity index (χ1v) is 12.0. The van der Waals surface area contributed by atoms with Crippen LogP contribution in [0, 0.1) is 0 Å². The highest BCUT2D eigenvalue weighted by molar-refractivity contribution is 6.33. The fourth-order valence-electron chi connectivity index (χ4n) is 3.98. The molecule has 0 aliphatic rings. The van der Waals surface area contributed by atoms with Crippen LogP contribution in [0.1, 0.15) is 81.4 Å². The van der Waals surface area contributed by atoms with Crippen molar-refractivity contribution in [1.82, 2.24) is 4.98 Å². The fraction of sp³-hybridized carbons (Fsp3) is 0.462. The molecule has 5 nitrogen and oxygen atoms in total. The summed E-state index contributed by atoms with van der Waals surface area (Å²) < 4.78 is 0. The predicted octanol–water partition coefficient (Wildman–Crippen LogP) is 6.36. The van der Waals surface area contributed by atoms with Crippen molar-refractivity contribution < 1.29 is 9.90 Å². The van der Waals surface area contributed by atoms with Crippen molar-refractivity contribution in [2.75, 3.05) is 6.54 Å². The van der Waals surface area contributed by atoms with Gasteiger partial charge in [-0.15, -0.1) is 0 Å². The third kappa shape index (κ3) is 8.73. The van der Waals surface area contributed by atoms with Crippen LogP contribution in [0.25, 0.3) is 17.3 Å². The molecule has 6 heteroatoms. The van der Waals surface area contributed by atoms with Crippen LogP contribution < -0.4 is 11.5 Å². The number of halogens is 1. The molecule has 0 amide bonds. The summed E-state index contributed by atoms with van der Waals surface area (Å²) in [5.41, 5.74) is 15.3. The topological polar surface area (TPSA) is 102 Å². The molecule has 2 rings (SSSR count). The highest BCUT2D eigenvalue weighted by Gasteiger charge is 2.19. The summed E-state index contributed by atoms with van der Waals surface area (Å²) in [5.74, 6) is -0.998. The van der Waals surface area contributed by atoms with Crippen LogP contribution in [-0.2, 0) is 4.79 Å². The maximum absolute atomic E-state index is 11.1. The van der Waals surface area contributed by atoms with Crippen molar-refractivity contribution in [3.8, 4) is 11.3 Å². The van der Waals surface area contributed by atoms with Gasteiger partial charge in [-0.05, 0) is 54.8 Å². The number of pyridine rings is 1. The molecular weight excluding hydrogens is 422 g/mol. The SMILES string of the molecule is NCCCCCCCCCCCC(N)c1c(/C=C/C(=O)O)ccc(Cl)c1-c1ccccn1. The first-order chi connectivity index (χ1) is 15.5. The zero-order valence-electron chi connectivity index (χ0n) is 18.8. The average molecular weight is 458 g/mol. The molecule has 174 valence electrons. The Bertz CT molecular complexity index is 856. The van der Waals surface area contributed by atoms with Gasteiger partial charge < -0.3 is 16.6 Å². The Balaban J connectivity index is 2.03. The number of hydrogen-bond donors (Lipinski definition) is 3. The highest BCUT2D eigenvalue weighted by Crippen LogP contribution is 2.37. The van der Waals surface area contributed by atoms with Crippen molar-refractivity contribution in [3.63, 3.8) is 0 Å². The van der Waals surface area contributed by atoms with Crippen LogP contribution in [0.15, 0.2) is 42.6 Å². The molecule has 0 aliphatic heterocycles. The molecule has 1 atom stereocenters. The van der Waals surface area contributed by atoms with Gasteiger partial charge in [-0.2, -0.15) is 0 Å². The molecule has 0 fully saturated rings. The lowest BCUT2D eigenvalue weighted by molar-refractivity contribution is -0.131. The van der Waals surface area contributed by atoms with Crippen molar-refractivity contribution in [3.05, 3.63) is 58.8 Å². The standard InChI is InChI=1S/C26H36ClN3O2/c27-21-16-14-20(15-17-24(31)32)25(26(21)23-13-9-11-19-30-23)22(29)12-8-6-4-2-1-3-5-7-10-18-28/h9,11,13-17,19,22H,1-8,10,12,18,28-29H2,(H,31,32)/b17-15+. The average Bonchev–Trinajstić information content (AvgIpc) is 2.79. The number of carboxylic acids is 1. The molecule has 0 bridgehead atoms.